The number of carbonyl (C=O) groups excluding carboxylic acids is 2. The lowest BCUT2D eigenvalue weighted by Crippen LogP contribution is -2.21. The Morgan fingerprint density at radius 3 is 2.50 bits per heavy atom. The van der Waals surface area contributed by atoms with E-state index in [0.717, 1.165) is 34.8 Å². The van der Waals surface area contributed by atoms with Crippen molar-refractivity contribution in [3.63, 3.8) is 0 Å². The molecule has 0 saturated carbocycles. The summed E-state index contributed by atoms with van der Waals surface area (Å²) in [5.41, 5.74) is 1.67. The van der Waals surface area contributed by atoms with Crippen LogP contribution in [0.3, 0.4) is 0 Å². The SMILES string of the molecule is O=C(COC(=O)Cc1csc(-c2ccsc2)n1)Nc1ccc(S(=O)(=O)C(F)F)cc1. The van der Waals surface area contributed by atoms with Crippen molar-refractivity contribution in [2.45, 2.75) is 17.1 Å². The van der Waals surface area contributed by atoms with E-state index >= 15 is 0 Å². The molecule has 0 radical (unpaired) electrons. The van der Waals surface area contributed by atoms with Gasteiger partial charge in [-0.1, -0.05) is 0 Å². The number of rotatable bonds is 8. The van der Waals surface area contributed by atoms with Crippen molar-refractivity contribution in [2.24, 2.45) is 0 Å². The number of nitrogens with zero attached hydrogens (tertiary/aromatic N) is 1. The molecule has 0 spiro atoms. The first kappa shape index (κ1) is 22.0. The number of anilines is 1. The number of hydrogen-bond donors (Lipinski definition) is 1. The van der Waals surface area contributed by atoms with Gasteiger partial charge in [-0.15, -0.1) is 11.3 Å². The average Bonchev–Trinajstić information content (AvgIpc) is 3.38. The maximum Gasteiger partial charge on any atom is 0.341 e. The Hall–Kier alpha value is -2.70. The number of ether oxygens (including phenoxy) is 1. The molecule has 1 aromatic carbocycles. The van der Waals surface area contributed by atoms with Crippen LogP contribution in [0.5, 0.6) is 0 Å². The van der Waals surface area contributed by atoms with Gasteiger partial charge >= 0.3 is 11.7 Å². The molecule has 2 aromatic heterocycles. The van der Waals surface area contributed by atoms with Crippen LogP contribution < -0.4 is 5.32 Å². The lowest BCUT2D eigenvalue weighted by atomic mass is 10.3. The number of benzene rings is 1. The summed E-state index contributed by atoms with van der Waals surface area (Å²) in [6, 6.07) is 6.16. The van der Waals surface area contributed by atoms with Crippen LogP contribution in [0.1, 0.15) is 5.69 Å². The number of esters is 1. The average molecular weight is 473 g/mol. The second kappa shape index (κ2) is 9.41. The van der Waals surface area contributed by atoms with Crippen LogP contribution in [-0.4, -0.2) is 37.6 Å². The second-order valence-electron chi connectivity index (χ2n) is 5.87. The molecule has 7 nitrogen and oxygen atoms in total. The monoisotopic (exact) mass is 472 g/mol. The number of halogens is 2. The van der Waals surface area contributed by atoms with E-state index < -0.39 is 39.0 Å². The Bertz CT molecular complexity index is 1130. The summed E-state index contributed by atoms with van der Waals surface area (Å²) in [7, 11) is -4.71. The van der Waals surface area contributed by atoms with E-state index in [4.69, 9.17) is 4.74 Å². The van der Waals surface area contributed by atoms with E-state index in [1.807, 2.05) is 16.8 Å². The minimum absolute atomic E-state index is 0.0892. The van der Waals surface area contributed by atoms with Gasteiger partial charge in [-0.25, -0.2) is 13.4 Å². The Morgan fingerprint density at radius 2 is 1.87 bits per heavy atom. The zero-order valence-corrected chi connectivity index (χ0v) is 17.5. The van der Waals surface area contributed by atoms with E-state index in [-0.39, 0.29) is 12.1 Å². The molecule has 0 bridgehead atoms. The normalized spacial score (nSPS) is 11.4. The highest BCUT2D eigenvalue weighted by Gasteiger charge is 2.26. The van der Waals surface area contributed by atoms with Gasteiger partial charge in [0.15, 0.2) is 6.61 Å². The van der Waals surface area contributed by atoms with E-state index in [1.54, 1.807) is 16.7 Å². The van der Waals surface area contributed by atoms with Gasteiger partial charge in [0.25, 0.3) is 5.91 Å². The molecule has 0 aliphatic carbocycles. The predicted octanol–water partition coefficient (Wildman–Crippen LogP) is 3.59. The topological polar surface area (TPSA) is 102 Å². The standard InChI is InChI=1S/C18H14F2N2O5S3/c19-18(20)30(25,26)14-3-1-12(2-4-14)21-15(23)8-27-16(24)7-13-10-29-17(22-13)11-5-6-28-9-11/h1-6,9-10,18H,7-8H2,(H,21,23). The summed E-state index contributed by atoms with van der Waals surface area (Å²) < 4.78 is 52.6. The molecular weight excluding hydrogens is 458 g/mol. The fraction of sp³-hybridized carbons (Fsp3) is 0.167. The summed E-state index contributed by atoms with van der Waals surface area (Å²) in [4.78, 5) is 27.6. The van der Waals surface area contributed by atoms with Crippen molar-refractivity contribution < 1.29 is 31.5 Å². The summed E-state index contributed by atoms with van der Waals surface area (Å²) in [6.45, 7) is -0.558. The van der Waals surface area contributed by atoms with Crippen LogP contribution in [0.4, 0.5) is 14.5 Å². The van der Waals surface area contributed by atoms with Crippen molar-refractivity contribution >= 4 is 50.1 Å². The Kier molecular flexibility index (Phi) is 6.90. The number of thiazole rings is 1. The van der Waals surface area contributed by atoms with Crippen molar-refractivity contribution in [1.29, 1.82) is 0 Å². The lowest BCUT2D eigenvalue weighted by Gasteiger charge is -2.07. The van der Waals surface area contributed by atoms with Crippen LogP contribution in [0.25, 0.3) is 10.6 Å². The Labute approximate surface area is 178 Å². The van der Waals surface area contributed by atoms with E-state index in [0.29, 0.717) is 5.69 Å². The van der Waals surface area contributed by atoms with Gasteiger partial charge in [0.1, 0.15) is 5.01 Å². The lowest BCUT2D eigenvalue weighted by molar-refractivity contribution is -0.146. The molecule has 1 N–H and O–H groups in total. The number of hydrogen-bond acceptors (Lipinski definition) is 8. The third kappa shape index (κ3) is 5.46. The van der Waals surface area contributed by atoms with Crippen molar-refractivity contribution in [3.8, 4) is 10.6 Å². The van der Waals surface area contributed by atoms with Gasteiger partial charge in [-0.05, 0) is 35.7 Å². The van der Waals surface area contributed by atoms with Crippen LogP contribution in [0, 0.1) is 0 Å². The Morgan fingerprint density at radius 1 is 1.13 bits per heavy atom. The number of carbonyl (C=O) groups is 2. The van der Waals surface area contributed by atoms with Crippen molar-refractivity contribution in [3.05, 3.63) is 52.2 Å². The zero-order chi connectivity index (χ0) is 21.7. The zero-order valence-electron chi connectivity index (χ0n) is 15.1. The number of sulfone groups is 1. The smallest absolute Gasteiger partial charge is 0.341 e. The summed E-state index contributed by atoms with van der Waals surface area (Å²) in [5, 5.41) is 8.78. The predicted molar refractivity (Wildman–Crippen MR) is 108 cm³/mol. The van der Waals surface area contributed by atoms with Crippen molar-refractivity contribution in [2.75, 3.05) is 11.9 Å². The second-order valence-corrected chi connectivity index (χ2v) is 9.43. The first-order chi connectivity index (χ1) is 14.3. The fourth-order valence-corrected chi connectivity index (χ4v) is 4.53. The van der Waals surface area contributed by atoms with E-state index in [2.05, 4.69) is 10.3 Å². The molecule has 0 aliphatic heterocycles. The van der Waals surface area contributed by atoms with Gasteiger partial charge in [-0.3, -0.25) is 9.59 Å². The molecule has 3 rings (SSSR count). The molecule has 0 atom stereocenters. The summed E-state index contributed by atoms with van der Waals surface area (Å²) in [5.74, 6) is -4.83. The highest BCUT2D eigenvalue weighted by Crippen LogP contribution is 2.26. The van der Waals surface area contributed by atoms with Gasteiger partial charge < -0.3 is 10.1 Å². The third-order valence-electron chi connectivity index (χ3n) is 3.71. The van der Waals surface area contributed by atoms with Gasteiger partial charge in [0, 0.05) is 22.0 Å². The highest BCUT2D eigenvalue weighted by molar-refractivity contribution is 7.91. The first-order valence-electron chi connectivity index (χ1n) is 8.30. The molecule has 30 heavy (non-hydrogen) atoms. The molecule has 158 valence electrons. The number of thiophene rings is 1. The van der Waals surface area contributed by atoms with Gasteiger partial charge in [0.2, 0.25) is 9.84 Å². The summed E-state index contributed by atoms with van der Waals surface area (Å²) in [6.07, 6.45) is -0.0892. The first-order valence-corrected chi connectivity index (χ1v) is 11.7. The largest absolute Gasteiger partial charge is 0.455 e. The molecule has 12 heteroatoms. The van der Waals surface area contributed by atoms with E-state index in [1.165, 1.54) is 11.3 Å². The Balaban J connectivity index is 1.48. The molecule has 0 unspecified atom stereocenters. The van der Waals surface area contributed by atoms with Crippen LogP contribution in [0.2, 0.25) is 0 Å². The highest BCUT2D eigenvalue weighted by atomic mass is 32.2. The van der Waals surface area contributed by atoms with Crippen molar-refractivity contribution in [1.82, 2.24) is 4.98 Å². The molecular formula is C18H14F2N2O5S3. The quantitative estimate of drug-likeness (QED) is 0.503. The van der Waals surface area contributed by atoms with Crippen LogP contribution >= 0.6 is 22.7 Å². The molecule has 3 aromatic rings. The van der Waals surface area contributed by atoms with Crippen LogP contribution in [0.15, 0.2) is 51.4 Å². The number of nitrogens with one attached hydrogen (secondary N) is 1. The minimum atomic E-state index is -4.71. The third-order valence-corrected chi connectivity index (χ3v) is 6.73. The molecule has 0 aliphatic rings. The number of aromatic nitrogens is 1. The van der Waals surface area contributed by atoms with Gasteiger partial charge in [-0.2, -0.15) is 20.1 Å². The molecule has 1 amide bonds. The molecule has 0 saturated heterocycles. The van der Waals surface area contributed by atoms with Gasteiger partial charge in [0.05, 0.1) is 17.0 Å². The number of amides is 1. The molecule has 2 heterocycles. The van der Waals surface area contributed by atoms with Crippen LogP contribution in [-0.2, 0) is 30.6 Å². The minimum Gasteiger partial charge on any atom is -0.455 e. The summed E-state index contributed by atoms with van der Waals surface area (Å²) >= 11 is 2.94. The van der Waals surface area contributed by atoms with E-state index in [9.17, 15) is 26.8 Å². The maximum absolute atomic E-state index is 12.5. The molecule has 0 fully saturated rings. The number of alkyl halides is 2. The maximum atomic E-state index is 12.5. The fourth-order valence-electron chi connectivity index (χ4n) is 2.28.